The van der Waals surface area contributed by atoms with Crippen molar-refractivity contribution in [1.29, 1.82) is 0 Å². The van der Waals surface area contributed by atoms with Crippen molar-refractivity contribution in [3.05, 3.63) is 63.7 Å². The monoisotopic (exact) mass is 339 g/mol. The molecule has 25 heavy (non-hydrogen) atoms. The highest BCUT2D eigenvalue weighted by molar-refractivity contribution is 6.04. The number of carbonyl (C=O) groups excluding carboxylic acids is 2. The van der Waals surface area contributed by atoms with Gasteiger partial charge in [0.25, 0.3) is 5.69 Å². The van der Waals surface area contributed by atoms with Gasteiger partial charge in [-0.1, -0.05) is 12.1 Å². The van der Waals surface area contributed by atoms with Gasteiger partial charge in [-0.05, 0) is 42.7 Å². The summed E-state index contributed by atoms with van der Waals surface area (Å²) in [4.78, 5) is 36.4. The molecular formula is C18H17N3O4. The van der Waals surface area contributed by atoms with Crippen LogP contribution in [0.5, 0.6) is 0 Å². The highest BCUT2D eigenvalue weighted by Crippen LogP contribution is 2.31. The van der Waals surface area contributed by atoms with Crippen molar-refractivity contribution >= 4 is 28.9 Å². The molecule has 0 atom stereocenters. The van der Waals surface area contributed by atoms with Gasteiger partial charge < -0.3 is 10.2 Å². The second-order valence-electron chi connectivity index (χ2n) is 5.97. The minimum atomic E-state index is -0.467. The van der Waals surface area contributed by atoms with Crippen LogP contribution in [0.4, 0.5) is 17.1 Å². The van der Waals surface area contributed by atoms with Gasteiger partial charge in [0, 0.05) is 29.9 Å². The molecule has 3 rings (SSSR count). The van der Waals surface area contributed by atoms with Gasteiger partial charge in [-0.25, -0.2) is 0 Å². The zero-order valence-electron chi connectivity index (χ0n) is 13.7. The fourth-order valence-electron chi connectivity index (χ4n) is 2.90. The first-order valence-corrected chi connectivity index (χ1v) is 7.88. The Labute approximate surface area is 144 Å². The molecule has 1 aliphatic rings. The van der Waals surface area contributed by atoms with Gasteiger partial charge in [0.2, 0.25) is 11.8 Å². The molecule has 2 amide bonds. The largest absolute Gasteiger partial charge is 0.325 e. The lowest BCUT2D eigenvalue weighted by Crippen LogP contribution is -2.40. The van der Waals surface area contributed by atoms with E-state index in [0.717, 1.165) is 5.56 Å². The third kappa shape index (κ3) is 3.65. The van der Waals surface area contributed by atoms with E-state index >= 15 is 0 Å². The van der Waals surface area contributed by atoms with Crippen LogP contribution in [-0.2, 0) is 16.0 Å². The minimum Gasteiger partial charge on any atom is -0.325 e. The Morgan fingerprint density at radius 3 is 2.76 bits per heavy atom. The van der Waals surface area contributed by atoms with Crippen molar-refractivity contribution in [3.63, 3.8) is 0 Å². The Bertz CT molecular complexity index is 863. The van der Waals surface area contributed by atoms with Gasteiger partial charge in [0.1, 0.15) is 6.54 Å². The number of nitrogens with one attached hydrogen (secondary N) is 1. The van der Waals surface area contributed by atoms with Crippen molar-refractivity contribution in [2.75, 3.05) is 16.8 Å². The van der Waals surface area contributed by atoms with Crippen LogP contribution in [0.3, 0.4) is 0 Å². The van der Waals surface area contributed by atoms with Crippen LogP contribution in [0.15, 0.2) is 42.5 Å². The Morgan fingerprint density at radius 2 is 2.04 bits per heavy atom. The molecule has 0 fully saturated rings. The van der Waals surface area contributed by atoms with Crippen LogP contribution >= 0.6 is 0 Å². The molecule has 0 bridgehead atoms. The Morgan fingerprint density at radius 1 is 1.24 bits per heavy atom. The second kappa shape index (κ2) is 6.72. The minimum absolute atomic E-state index is 0.0164. The maximum Gasteiger partial charge on any atom is 0.269 e. The van der Waals surface area contributed by atoms with E-state index in [9.17, 15) is 19.7 Å². The van der Waals surface area contributed by atoms with Gasteiger partial charge in [0.15, 0.2) is 0 Å². The quantitative estimate of drug-likeness (QED) is 0.685. The van der Waals surface area contributed by atoms with E-state index < -0.39 is 4.92 Å². The number of aryl methyl sites for hydroxylation is 2. The molecule has 1 N–H and O–H groups in total. The Kier molecular flexibility index (Phi) is 4.47. The van der Waals surface area contributed by atoms with E-state index in [2.05, 4.69) is 5.32 Å². The fourth-order valence-corrected chi connectivity index (χ4v) is 2.90. The number of hydrogen-bond donors (Lipinski definition) is 1. The van der Waals surface area contributed by atoms with Gasteiger partial charge in [0.05, 0.1) is 4.92 Å². The summed E-state index contributed by atoms with van der Waals surface area (Å²) in [6, 6.07) is 11.7. The SMILES string of the molecule is Cc1cccc(NC(=O)CN2C(=O)CCc3cc([N+](=O)[O-])ccc32)c1. The first kappa shape index (κ1) is 16.6. The first-order valence-electron chi connectivity index (χ1n) is 7.88. The number of rotatable bonds is 4. The van der Waals surface area contributed by atoms with Crippen molar-refractivity contribution in [3.8, 4) is 0 Å². The number of benzene rings is 2. The molecule has 128 valence electrons. The first-order chi connectivity index (χ1) is 11.9. The number of nitrogens with zero attached hydrogens (tertiary/aromatic N) is 2. The predicted octanol–water partition coefficient (Wildman–Crippen LogP) is 2.82. The average molecular weight is 339 g/mol. The molecule has 0 saturated carbocycles. The van der Waals surface area contributed by atoms with Crippen LogP contribution in [0.1, 0.15) is 17.5 Å². The van der Waals surface area contributed by atoms with Crippen molar-refractivity contribution in [1.82, 2.24) is 0 Å². The Balaban J connectivity index is 1.79. The van der Waals surface area contributed by atoms with Crippen LogP contribution in [0.2, 0.25) is 0 Å². The zero-order chi connectivity index (χ0) is 18.0. The number of fused-ring (bicyclic) bond motifs is 1. The Hall–Kier alpha value is -3.22. The predicted molar refractivity (Wildman–Crippen MR) is 93.6 cm³/mol. The summed E-state index contributed by atoms with van der Waals surface area (Å²) < 4.78 is 0. The highest BCUT2D eigenvalue weighted by Gasteiger charge is 2.27. The van der Waals surface area contributed by atoms with E-state index in [0.29, 0.717) is 23.4 Å². The number of non-ortho nitro benzene ring substituents is 1. The van der Waals surface area contributed by atoms with Gasteiger partial charge >= 0.3 is 0 Å². The van der Waals surface area contributed by atoms with Gasteiger partial charge in [-0.15, -0.1) is 0 Å². The average Bonchev–Trinajstić information content (AvgIpc) is 2.57. The van der Waals surface area contributed by atoms with E-state index in [4.69, 9.17) is 0 Å². The molecule has 1 aliphatic heterocycles. The molecule has 0 aliphatic carbocycles. The summed E-state index contributed by atoms with van der Waals surface area (Å²) in [6.45, 7) is 1.80. The maximum absolute atomic E-state index is 12.3. The lowest BCUT2D eigenvalue weighted by Gasteiger charge is -2.28. The van der Waals surface area contributed by atoms with Crippen LogP contribution in [-0.4, -0.2) is 23.3 Å². The maximum atomic E-state index is 12.3. The van der Waals surface area contributed by atoms with Crippen LogP contribution < -0.4 is 10.2 Å². The van der Waals surface area contributed by atoms with Crippen molar-refractivity contribution < 1.29 is 14.5 Å². The second-order valence-corrected chi connectivity index (χ2v) is 5.97. The summed E-state index contributed by atoms with van der Waals surface area (Å²) in [6.07, 6.45) is 0.664. The van der Waals surface area contributed by atoms with Gasteiger partial charge in [-0.2, -0.15) is 0 Å². The molecular weight excluding hydrogens is 322 g/mol. The topological polar surface area (TPSA) is 92.6 Å². The fraction of sp³-hybridized carbons (Fsp3) is 0.222. The van der Waals surface area contributed by atoms with Crippen LogP contribution in [0, 0.1) is 17.0 Å². The standard InChI is InChI=1S/C18H17N3O4/c1-12-3-2-4-14(9-12)19-17(22)11-20-16-7-6-15(21(24)25)10-13(16)5-8-18(20)23/h2-4,6-7,9-10H,5,8,11H2,1H3,(H,19,22). The highest BCUT2D eigenvalue weighted by atomic mass is 16.6. The normalized spacial score (nSPS) is 13.3. The molecule has 0 aromatic heterocycles. The van der Waals surface area contributed by atoms with E-state index in [1.54, 1.807) is 6.07 Å². The third-order valence-corrected chi connectivity index (χ3v) is 4.08. The smallest absolute Gasteiger partial charge is 0.269 e. The molecule has 0 saturated heterocycles. The molecule has 2 aromatic rings. The number of anilines is 2. The third-order valence-electron chi connectivity index (χ3n) is 4.08. The lowest BCUT2D eigenvalue weighted by atomic mass is 10.0. The summed E-state index contributed by atoms with van der Waals surface area (Å²) >= 11 is 0. The molecule has 0 spiro atoms. The number of nitro benzene ring substituents is 1. The molecule has 7 heteroatoms. The number of nitro groups is 1. The van der Waals surface area contributed by atoms with E-state index in [1.807, 2.05) is 25.1 Å². The van der Waals surface area contributed by atoms with Crippen LogP contribution in [0.25, 0.3) is 0 Å². The molecule has 7 nitrogen and oxygen atoms in total. The van der Waals surface area contributed by atoms with E-state index in [-0.39, 0.29) is 30.5 Å². The van der Waals surface area contributed by atoms with Crippen molar-refractivity contribution in [2.45, 2.75) is 19.8 Å². The zero-order valence-corrected chi connectivity index (χ0v) is 13.7. The number of hydrogen-bond acceptors (Lipinski definition) is 4. The lowest BCUT2D eigenvalue weighted by molar-refractivity contribution is -0.384. The summed E-state index contributed by atoms with van der Waals surface area (Å²) in [5.74, 6) is -0.481. The summed E-state index contributed by atoms with van der Waals surface area (Å²) in [5, 5.41) is 13.7. The van der Waals surface area contributed by atoms with E-state index in [1.165, 1.54) is 23.1 Å². The number of amides is 2. The summed E-state index contributed by atoms with van der Waals surface area (Å²) in [7, 11) is 0. The van der Waals surface area contributed by atoms with Crippen molar-refractivity contribution in [2.24, 2.45) is 0 Å². The number of carbonyl (C=O) groups is 2. The molecule has 1 heterocycles. The van der Waals surface area contributed by atoms with Gasteiger partial charge in [-0.3, -0.25) is 19.7 Å². The molecule has 0 radical (unpaired) electrons. The molecule has 2 aromatic carbocycles. The summed E-state index contributed by atoms with van der Waals surface area (Å²) in [5.41, 5.74) is 2.93. The molecule has 0 unspecified atom stereocenters.